The molecule has 1 aliphatic heterocycles. The van der Waals surface area contributed by atoms with Gasteiger partial charge in [0.1, 0.15) is 0 Å². The summed E-state index contributed by atoms with van der Waals surface area (Å²) >= 11 is 0. The van der Waals surface area contributed by atoms with Crippen LogP contribution in [0.25, 0.3) is 33.3 Å². The Hall–Kier alpha value is -3.96. The van der Waals surface area contributed by atoms with Crippen molar-refractivity contribution in [3.8, 4) is 22.3 Å². The summed E-state index contributed by atoms with van der Waals surface area (Å²) < 4.78 is 48.8. The van der Waals surface area contributed by atoms with Crippen molar-refractivity contribution in [3.63, 3.8) is 0 Å². The summed E-state index contributed by atoms with van der Waals surface area (Å²) in [5, 5.41) is 10.6. The minimum absolute atomic E-state index is 0.0244. The summed E-state index contributed by atoms with van der Waals surface area (Å²) in [5.41, 5.74) is 5.53. The first-order chi connectivity index (χ1) is 20.7. The first-order valence-corrected chi connectivity index (χ1v) is 15.6. The molecule has 43 heavy (non-hydrogen) atoms. The number of rotatable bonds is 8. The normalized spacial score (nSPS) is 16.1. The highest BCUT2D eigenvalue weighted by Gasteiger charge is 2.29. The van der Waals surface area contributed by atoms with E-state index in [1.54, 1.807) is 36.5 Å². The van der Waals surface area contributed by atoms with Crippen LogP contribution in [0.5, 0.6) is 0 Å². The zero-order valence-electron chi connectivity index (χ0n) is 24.1. The van der Waals surface area contributed by atoms with Crippen molar-refractivity contribution < 1.29 is 22.7 Å². The number of benzene rings is 2. The molecule has 8 nitrogen and oxygen atoms in total. The summed E-state index contributed by atoms with van der Waals surface area (Å²) in [4.78, 5) is 10.9. The van der Waals surface area contributed by atoms with E-state index in [-0.39, 0.29) is 23.3 Å². The Labute approximate surface area is 250 Å². The van der Waals surface area contributed by atoms with Gasteiger partial charge in [0.05, 0.1) is 23.3 Å². The zero-order valence-corrected chi connectivity index (χ0v) is 24.9. The number of piperidine rings is 1. The number of aliphatic hydroxyl groups is 1. The number of nitrogens with zero attached hydrogens (tertiary/aromatic N) is 4. The predicted molar refractivity (Wildman–Crippen MR) is 163 cm³/mol. The first kappa shape index (κ1) is 29.1. The Morgan fingerprint density at radius 2 is 1.70 bits per heavy atom. The smallest absolute Gasteiger partial charge is 0.269 e. The Bertz CT molecular complexity index is 1860. The molecule has 4 heterocycles. The van der Waals surface area contributed by atoms with Gasteiger partial charge in [-0.1, -0.05) is 42.0 Å². The number of methoxy groups -OCH3 is 1. The van der Waals surface area contributed by atoms with Crippen LogP contribution in [0.2, 0.25) is 0 Å². The quantitative estimate of drug-likeness (QED) is 0.233. The maximum Gasteiger partial charge on any atom is 0.269 e. The lowest BCUT2D eigenvalue weighted by Gasteiger charge is -2.29. The van der Waals surface area contributed by atoms with E-state index in [2.05, 4.69) is 22.0 Å². The molecule has 1 atom stereocenters. The lowest BCUT2D eigenvalue weighted by Crippen LogP contribution is -2.37. The van der Waals surface area contributed by atoms with Gasteiger partial charge in [-0.2, -0.15) is 4.39 Å². The van der Waals surface area contributed by atoms with Crippen molar-refractivity contribution >= 4 is 21.1 Å². The highest BCUT2D eigenvalue weighted by molar-refractivity contribution is 7.90. The molecule has 3 aromatic heterocycles. The van der Waals surface area contributed by atoms with Gasteiger partial charge in [0.25, 0.3) is 10.0 Å². The van der Waals surface area contributed by atoms with Gasteiger partial charge in [-0.15, -0.1) is 0 Å². The van der Waals surface area contributed by atoms with Crippen LogP contribution in [0.1, 0.15) is 29.7 Å². The largest absolute Gasteiger partial charge is 0.392 e. The second-order valence-electron chi connectivity index (χ2n) is 11.0. The lowest BCUT2D eigenvalue weighted by atomic mass is 10.0. The average molecular weight is 601 g/mol. The molecular weight excluding hydrogens is 567 g/mol. The molecule has 1 fully saturated rings. The Morgan fingerprint density at radius 3 is 2.37 bits per heavy atom. The van der Waals surface area contributed by atoms with Crippen molar-refractivity contribution in [2.75, 3.05) is 20.2 Å². The number of aliphatic hydroxyl groups excluding tert-OH is 1. The van der Waals surface area contributed by atoms with Crippen molar-refractivity contribution in [3.05, 3.63) is 102 Å². The Balaban J connectivity index is 1.48. The highest BCUT2D eigenvalue weighted by Crippen LogP contribution is 2.38. The lowest BCUT2D eigenvalue weighted by molar-refractivity contribution is 0.0668. The van der Waals surface area contributed by atoms with Crippen LogP contribution in [0.3, 0.4) is 0 Å². The number of halogens is 1. The molecule has 0 saturated carbocycles. The van der Waals surface area contributed by atoms with E-state index < -0.39 is 16.0 Å². The number of pyridine rings is 2. The van der Waals surface area contributed by atoms with Crippen LogP contribution >= 0.6 is 0 Å². The number of hydrogen-bond acceptors (Lipinski definition) is 7. The maximum atomic E-state index is 14.1. The molecule has 222 valence electrons. The van der Waals surface area contributed by atoms with E-state index >= 15 is 0 Å². The van der Waals surface area contributed by atoms with Crippen LogP contribution in [0, 0.1) is 12.9 Å². The minimum Gasteiger partial charge on any atom is -0.392 e. The molecule has 6 rings (SSSR count). The van der Waals surface area contributed by atoms with E-state index in [0.29, 0.717) is 28.8 Å². The molecule has 1 N–H and O–H groups in total. The zero-order chi connectivity index (χ0) is 30.1. The van der Waals surface area contributed by atoms with Gasteiger partial charge in [-0.05, 0) is 67.8 Å². The van der Waals surface area contributed by atoms with Gasteiger partial charge >= 0.3 is 0 Å². The third kappa shape index (κ3) is 5.83. The van der Waals surface area contributed by atoms with Crippen LogP contribution in [0.4, 0.5) is 4.39 Å². The van der Waals surface area contributed by atoms with Crippen molar-refractivity contribution in [2.24, 2.45) is 0 Å². The number of aryl methyl sites for hydroxylation is 1. The molecule has 1 unspecified atom stereocenters. The van der Waals surface area contributed by atoms with E-state index in [4.69, 9.17) is 9.72 Å². The molecular formula is C33H33FN4O4S. The standard InChI is InChI=1S/C33H33FN4O4S/c1-22-5-12-28(13-6-22)43(40,41)38-30(21-42-2)32(25-11-14-31(34)35-17-25)29-16-26(18-36-33(29)38)24-9-7-23(8-10-24)19-37-15-3-4-27(39)20-37/h5-14,16-18,27,39H,3-4,15,19-21H2,1-2H3. The van der Waals surface area contributed by atoms with Gasteiger partial charge in [0, 0.05) is 54.7 Å². The van der Waals surface area contributed by atoms with Gasteiger partial charge in [0.15, 0.2) is 5.65 Å². The van der Waals surface area contributed by atoms with E-state index in [0.717, 1.165) is 48.2 Å². The molecule has 0 radical (unpaired) electrons. The molecule has 1 aliphatic rings. The van der Waals surface area contributed by atoms with Crippen LogP contribution in [0.15, 0.2) is 84.0 Å². The number of aromatic nitrogens is 3. The summed E-state index contributed by atoms with van der Waals surface area (Å²) in [7, 11) is -2.58. The van der Waals surface area contributed by atoms with Gasteiger partial charge in [-0.3, -0.25) is 4.90 Å². The van der Waals surface area contributed by atoms with Crippen LogP contribution in [-0.4, -0.2) is 58.7 Å². The van der Waals surface area contributed by atoms with Gasteiger partial charge < -0.3 is 9.84 Å². The third-order valence-electron chi connectivity index (χ3n) is 7.89. The highest BCUT2D eigenvalue weighted by atomic mass is 32.2. The Morgan fingerprint density at radius 1 is 0.977 bits per heavy atom. The topological polar surface area (TPSA) is 97.6 Å². The predicted octanol–water partition coefficient (Wildman–Crippen LogP) is 5.55. The summed E-state index contributed by atoms with van der Waals surface area (Å²) in [5.74, 6) is -0.633. The molecule has 0 bridgehead atoms. The average Bonchev–Trinajstić information content (AvgIpc) is 3.32. The molecule has 0 aliphatic carbocycles. The number of likely N-dealkylation sites (tertiary alicyclic amines) is 1. The number of β-amino-alcohol motifs (C(OH)–C–C–N with tert-alkyl or cyclic N) is 1. The number of hydrogen-bond donors (Lipinski definition) is 1. The maximum absolute atomic E-state index is 14.1. The fourth-order valence-electron chi connectivity index (χ4n) is 5.77. The van der Waals surface area contributed by atoms with Crippen molar-refractivity contribution in [1.29, 1.82) is 0 Å². The molecule has 1 saturated heterocycles. The van der Waals surface area contributed by atoms with Crippen LogP contribution < -0.4 is 0 Å². The van der Waals surface area contributed by atoms with Crippen LogP contribution in [-0.2, 0) is 27.9 Å². The van der Waals surface area contributed by atoms with E-state index in [9.17, 15) is 17.9 Å². The number of ether oxygens (including phenoxy) is 1. The Kier molecular flexibility index (Phi) is 8.11. The summed E-state index contributed by atoms with van der Waals surface area (Å²) in [6, 6.07) is 19.6. The molecule has 0 amide bonds. The van der Waals surface area contributed by atoms with Gasteiger partial charge in [0.2, 0.25) is 5.95 Å². The van der Waals surface area contributed by atoms with Gasteiger partial charge in [-0.25, -0.2) is 22.4 Å². The fourth-order valence-corrected chi connectivity index (χ4v) is 7.27. The van der Waals surface area contributed by atoms with E-state index in [1.807, 2.05) is 25.1 Å². The third-order valence-corrected chi connectivity index (χ3v) is 9.63. The monoisotopic (exact) mass is 600 g/mol. The minimum atomic E-state index is -4.07. The molecule has 5 aromatic rings. The fraction of sp³-hybridized carbons (Fsp3) is 0.273. The summed E-state index contributed by atoms with van der Waals surface area (Å²) in [6.07, 6.45) is 4.62. The van der Waals surface area contributed by atoms with Crippen molar-refractivity contribution in [2.45, 2.75) is 43.9 Å². The second kappa shape index (κ2) is 12.0. The molecule has 2 aromatic carbocycles. The molecule has 10 heteroatoms. The summed E-state index contributed by atoms with van der Waals surface area (Å²) in [6.45, 7) is 4.27. The first-order valence-electron chi connectivity index (χ1n) is 14.2. The molecule has 0 spiro atoms. The SMILES string of the molecule is COCc1c(-c2ccc(F)nc2)c2cc(-c3ccc(CN4CCCC(O)C4)cc3)cnc2n1S(=O)(=O)c1ccc(C)cc1. The number of fused-ring (bicyclic) bond motifs is 1. The van der Waals surface area contributed by atoms with Crippen molar-refractivity contribution in [1.82, 2.24) is 18.8 Å². The second-order valence-corrected chi connectivity index (χ2v) is 12.8. The van der Waals surface area contributed by atoms with E-state index in [1.165, 1.54) is 23.3 Å².